The maximum absolute atomic E-state index is 2.56. The van der Waals surface area contributed by atoms with E-state index in [1.165, 1.54) is 109 Å². The average molecular weight is 792 g/mol. The van der Waals surface area contributed by atoms with E-state index in [1.807, 2.05) is 11.3 Å². The van der Waals surface area contributed by atoms with Crippen molar-refractivity contribution in [1.29, 1.82) is 0 Å². The van der Waals surface area contributed by atoms with Crippen LogP contribution in [0.25, 0.3) is 60.7 Å². The van der Waals surface area contributed by atoms with Gasteiger partial charge in [0.15, 0.2) is 0 Å². The number of benzene rings is 7. The van der Waals surface area contributed by atoms with Crippen LogP contribution >= 0.6 is 11.3 Å². The van der Waals surface area contributed by atoms with Gasteiger partial charge < -0.3 is 4.90 Å². The third-order valence-corrected chi connectivity index (χ3v) is 16.1. The highest BCUT2D eigenvalue weighted by Gasteiger charge is 2.61. The van der Waals surface area contributed by atoms with Crippen molar-refractivity contribution in [1.82, 2.24) is 0 Å². The van der Waals surface area contributed by atoms with Crippen molar-refractivity contribution in [2.75, 3.05) is 4.90 Å². The molecule has 0 amide bonds. The summed E-state index contributed by atoms with van der Waals surface area (Å²) in [5.41, 5.74) is 17.7. The van der Waals surface area contributed by atoms with Gasteiger partial charge in [-0.1, -0.05) is 146 Å². The van der Waals surface area contributed by atoms with Gasteiger partial charge in [0.05, 0.1) is 6.54 Å². The summed E-state index contributed by atoms with van der Waals surface area (Å²) in [6, 6.07) is 64.0. The zero-order valence-corrected chi connectivity index (χ0v) is 35.0. The van der Waals surface area contributed by atoms with Crippen molar-refractivity contribution in [3.05, 3.63) is 198 Å². The maximum Gasteiger partial charge on any atom is 0.0581 e. The highest BCUT2D eigenvalue weighted by molar-refractivity contribution is 7.19. The lowest BCUT2D eigenvalue weighted by atomic mass is 9.43. The lowest BCUT2D eigenvalue weighted by Crippen LogP contribution is -2.55. The van der Waals surface area contributed by atoms with Crippen molar-refractivity contribution in [3.63, 3.8) is 0 Å². The van der Waals surface area contributed by atoms with E-state index >= 15 is 0 Å². The first-order valence-electron chi connectivity index (χ1n) is 22.2. The molecule has 0 unspecified atom stereocenters. The largest absolute Gasteiger partial charge is 0.336 e. The van der Waals surface area contributed by atoms with Crippen LogP contribution in [0, 0.1) is 23.7 Å². The first kappa shape index (κ1) is 35.9. The molecule has 0 saturated heterocycles. The molecule has 1 spiro atoms. The van der Waals surface area contributed by atoms with Gasteiger partial charge in [-0.25, -0.2) is 0 Å². The van der Waals surface area contributed by atoms with Crippen LogP contribution < -0.4 is 4.90 Å². The zero-order valence-electron chi connectivity index (χ0n) is 34.2. The molecule has 60 heavy (non-hydrogen) atoms. The van der Waals surface area contributed by atoms with Crippen LogP contribution in [0.15, 0.2) is 176 Å². The number of thiophene rings is 1. The molecular formula is C58H49NS. The summed E-state index contributed by atoms with van der Waals surface area (Å²) < 4.78 is 1.33. The van der Waals surface area contributed by atoms with Crippen molar-refractivity contribution in [2.45, 2.75) is 51.0 Å². The lowest BCUT2D eigenvalue weighted by molar-refractivity contribution is -0.0399. The van der Waals surface area contributed by atoms with E-state index in [9.17, 15) is 0 Å². The smallest absolute Gasteiger partial charge is 0.0581 e. The highest BCUT2D eigenvalue weighted by Crippen LogP contribution is 2.69. The van der Waals surface area contributed by atoms with Crippen LogP contribution in [0.3, 0.4) is 0 Å². The van der Waals surface area contributed by atoms with E-state index < -0.39 is 0 Å². The second-order valence-electron chi connectivity index (χ2n) is 18.0. The molecule has 2 heteroatoms. The second kappa shape index (κ2) is 14.4. The van der Waals surface area contributed by atoms with E-state index in [4.69, 9.17) is 0 Å². The van der Waals surface area contributed by atoms with E-state index in [2.05, 4.69) is 194 Å². The van der Waals surface area contributed by atoms with Gasteiger partial charge in [0.1, 0.15) is 0 Å². The molecule has 5 aliphatic carbocycles. The molecule has 292 valence electrons. The number of anilines is 2. The maximum atomic E-state index is 2.56. The SMILES string of the molecule is C/C=C\c1c(CN(c2ccc(-c3ccccc3)cc2)c2ccc(-c3ccccc3-c3ccc4c(c3)-c3ccccc3C43C4CC5CC(C4)CC3C5)cc2)sc2ccccc12. The first-order valence-corrected chi connectivity index (χ1v) is 23.0. The van der Waals surface area contributed by atoms with E-state index in [0.29, 0.717) is 0 Å². The summed E-state index contributed by atoms with van der Waals surface area (Å²) in [6.45, 7) is 2.90. The summed E-state index contributed by atoms with van der Waals surface area (Å²) in [5, 5.41) is 1.32. The van der Waals surface area contributed by atoms with Crippen molar-refractivity contribution >= 4 is 38.9 Å². The number of nitrogens with zero attached hydrogens (tertiary/aromatic N) is 1. The molecule has 4 fully saturated rings. The van der Waals surface area contributed by atoms with Gasteiger partial charge in [0.2, 0.25) is 0 Å². The van der Waals surface area contributed by atoms with Crippen molar-refractivity contribution < 1.29 is 0 Å². The summed E-state index contributed by atoms with van der Waals surface area (Å²) in [4.78, 5) is 3.85. The van der Waals surface area contributed by atoms with Crippen LogP contribution in [-0.4, -0.2) is 0 Å². The Hall–Kier alpha value is -5.96. The third-order valence-electron chi connectivity index (χ3n) is 14.9. The fraction of sp³-hybridized carbons (Fsp3) is 0.207. The van der Waals surface area contributed by atoms with Crippen molar-refractivity contribution in [3.8, 4) is 44.5 Å². The minimum absolute atomic E-state index is 0.199. The number of hydrogen-bond acceptors (Lipinski definition) is 2. The van der Waals surface area contributed by atoms with Gasteiger partial charge in [-0.15, -0.1) is 11.3 Å². The lowest BCUT2D eigenvalue weighted by Gasteiger charge is -2.61. The van der Waals surface area contributed by atoms with Crippen LogP contribution in [0.5, 0.6) is 0 Å². The van der Waals surface area contributed by atoms with Crippen molar-refractivity contribution in [2.24, 2.45) is 23.7 Å². The topological polar surface area (TPSA) is 3.24 Å². The predicted octanol–water partition coefficient (Wildman–Crippen LogP) is 16.0. The van der Waals surface area contributed by atoms with E-state index in [1.54, 1.807) is 11.1 Å². The molecule has 5 aliphatic rings. The first-order chi connectivity index (χ1) is 29.7. The van der Waals surface area contributed by atoms with Crippen LogP contribution in [-0.2, 0) is 12.0 Å². The Bertz CT molecular complexity index is 2890. The zero-order chi connectivity index (χ0) is 39.8. The molecule has 1 nitrogen and oxygen atoms in total. The summed E-state index contributed by atoms with van der Waals surface area (Å²) in [6.07, 6.45) is 11.6. The van der Waals surface area contributed by atoms with Gasteiger partial charge in [-0.3, -0.25) is 0 Å². The van der Waals surface area contributed by atoms with Gasteiger partial charge in [-0.2, -0.15) is 0 Å². The molecule has 1 aromatic heterocycles. The molecule has 0 radical (unpaired) electrons. The quantitative estimate of drug-likeness (QED) is 0.148. The minimum atomic E-state index is 0.199. The fourth-order valence-corrected chi connectivity index (χ4v) is 13.8. The second-order valence-corrected chi connectivity index (χ2v) is 19.1. The molecule has 8 aromatic rings. The van der Waals surface area contributed by atoms with E-state index in [0.717, 1.165) is 30.2 Å². The van der Waals surface area contributed by atoms with Crippen LogP contribution in [0.2, 0.25) is 0 Å². The third kappa shape index (κ3) is 5.64. The Morgan fingerprint density at radius 2 is 1.07 bits per heavy atom. The predicted molar refractivity (Wildman–Crippen MR) is 255 cm³/mol. The molecule has 0 aliphatic heterocycles. The number of allylic oxidation sites excluding steroid dienone is 1. The number of fused-ring (bicyclic) bond motifs is 4. The standard InChI is InChI=1S/C58H49NS/c1-2-12-51-52-18-9-11-20-56(52)60-57(51)37-59(46-26-21-41(22-27-46)40-13-4-3-5-14-40)47-28-23-42(24-29-47)48-15-6-7-16-49(48)43-25-30-55-53(36-43)50-17-8-10-19-54(50)58(55)44-32-38-31-39(34-44)35-45(58)33-38/h2-30,36,38-39,44-45H,31-35,37H2,1H3/b12-2-. The molecular weight excluding hydrogens is 743 g/mol. The van der Waals surface area contributed by atoms with E-state index in [-0.39, 0.29) is 5.41 Å². The molecule has 1 heterocycles. The van der Waals surface area contributed by atoms with Gasteiger partial charge >= 0.3 is 0 Å². The minimum Gasteiger partial charge on any atom is -0.336 e. The van der Waals surface area contributed by atoms with Gasteiger partial charge in [0.25, 0.3) is 0 Å². The Morgan fingerprint density at radius 1 is 0.517 bits per heavy atom. The number of rotatable bonds is 8. The Morgan fingerprint density at radius 3 is 1.77 bits per heavy atom. The normalized spacial score (nSPS) is 22.1. The summed E-state index contributed by atoms with van der Waals surface area (Å²) >= 11 is 1.91. The Labute approximate surface area is 358 Å². The van der Waals surface area contributed by atoms with Gasteiger partial charge in [0, 0.05) is 31.8 Å². The Balaban J connectivity index is 0.917. The number of hydrogen-bond donors (Lipinski definition) is 0. The fourth-order valence-electron chi connectivity index (χ4n) is 12.7. The van der Waals surface area contributed by atoms with Crippen LogP contribution in [0.1, 0.15) is 60.6 Å². The molecule has 0 atom stereocenters. The summed E-state index contributed by atoms with van der Waals surface area (Å²) in [5.74, 6) is 3.46. The van der Waals surface area contributed by atoms with Gasteiger partial charge in [-0.05, 0) is 160 Å². The molecule has 7 aromatic carbocycles. The van der Waals surface area contributed by atoms with Crippen LogP contribution in [0.4, 0.5) is 11.4 Å². The molecule has 13 rings (SSSR count). The molecule has 4 bridgehead atoms. The Kier molecular flexibility index (Phi) is 8.60. The molecule has 4 saturated carbocycles. The highest BCUT2D eigenvalue weighted by atomic mass is 32.1. The monoisotopic (exact) mass is 791 g/mol. The summed E-state index contributed by atoms with van der Waals surface area (Å²) in [7, 11) is 0. The average Bonchev–Trinajstić information content (AvgIpc) is 3.80. The molecule has 0 N–H and O–H groups in total.